The van der Waals surface area contributed by atoms with Crippen LogP contribution in [0.2, 0.25) is 0 Å². The molecule has 1 atom stereocenters. The van der Waals surface area contributed by atoms with E-state index in [4.69, 9.17) is 9.47 Å². The van der Waals surface area contributed by atoms with Gasteiger partial charge in [-0.05, 0) is 38.0 Å². The Labute approximate surface area is 198 Å². The molecular formula is C22H39IN4O3. The van der Waals surface area contributed by atoms with Crippen molar-refractivity contribution in [2.24, 2.45) is 4.99 Å². The van der Waals surface area contributed by atoms with E-state index in [1.54, 1.807) is 14.2 Å². The predicted molar refractivity (Wildman–Crippen MR) is 134 cm³/mol. The minimum Gasteiger partial charge on any atom is -0.493 e. The summed E-state index contributed by atoms with van der Waals surface area (Å²) in [6, 6.07) is 6.05. The molecule has 30 heavy (non-hydrogen) atoms. The number of halogens is 1. The quantitative estimate of drug-likeness (QED) is 0.155. The standard InChI is InChI=1S/C22H38N4O3.HI/c1-6-8-9-10-11-17(3)26-22(23-4)25-15-18-12-13-19(20(14-18)28-5)29-16-21(27)24-7-2;/h12-14,17H,6-11,15-16H2,1-5H3,(H,24,27)(H2,23,25,26);1H. The molecule has 0 heterocycles. The first-order valence-corrected chi connectivity index (χ1v) is 10.6. The van der Waals surface area contributed by atoms with Crippen LogP contribution in [-0.2, 0) is 11.3 Å². The second-order valence-electron chi connectivity index (χ2n) is 7.05. The average Bonchev–Trinajstić information content (AvgIpc) is 2.73. The molecule has 172 valence electrons. The number of aliphatic imine (C=N–C) groups is 1. The zero-order valence-corrected chi connectivity index (χ0v) is 21.4. The van der Waals surface area contributed by atoms with Gasteiger partial charge < -0.3 is 25.4 Å². The summed E-state index contributed by atoms with van der Waals surface area (Å²) in [6.45, 7) is 7.43. The number of hydrogen-bond donors (Lipinski definition) is 3. The molecule has 0 saturated heterocycles. The van der Waals surface area contributed by atoms with Gasteiger partial charge in [0.15, 0.2) is 24.1 Å². The number of amides is 1. The van der Waals surface area contributed by atoms with Crippen molar-refractivity contribution in [1.82, 2.24) is 16.0 Å². The van der Waals surface area contributed by atoms with Crippen LogP contribution in [0.1, 0.15) is 58.4 Å². The summed E-state index contributed by atoms with van der Waals surface area (Å²) in [4.78, 5) is 15.9. The molecule has 0 saturated carbocycles. The van der Waals surface area contributed by atoms with Crippen LogP contribution in [0.25, 0.3) is 0 Å². The molecule has 0 aliphatic carbocycles. The summed E-state index contributed by atoms with van der Waals surface area (Å²) in [5.74, 6) is 1.77. The number of unbranched alkanes of at least 4 members (excludes halogenated alkanes) is 3. The first-order valence-electron chi connectivity index (χ1n) is 10.6. The average molecular weight is 534 g/mol. The van der Waals surface area contributed by atoms with Crippen molar-refractivity contribution < 1.29 is 14.3 Å². The van der Waals surface area contributed by atoms with Gasteiger partial charge in [-0.1, -0.05) is 38.7 Å². The molecule has 0 aliphatic rings. The van der Waals surface area contributed by atoms with Crippen LogP contribution in [0.3, 0.4) is 0 Å². The molecule has 0 aliphatic heterocycles. The molecule has 1 unspecified atom stereocenters. The molecule has 1 rings (SSSR count). The van der Waals surface area contributed by atoms with Gasteiger partial charge in [0, 0.05) is 26.2 Å². The summed E-state index contributed by atoms with van der Waals surface area (Å²) in [7, 11) is 3.37. The number of nitrogens with one attached hydrogen (secondary N) is 3. The summed E-state index contributed by atoms with van der Waals surface area (Å²) >= 11 is 0. The lowest BCUT2D eigenvalue weighted by Crippen LogP contribution is -2.41. The third-order valence-electron chi connectivity index (χ3n) is 4.52. The number of carbonyl (C=O) groups excluding carboxylic acids is 1. The van der Waals surface area contributed by atoms with E-state index in [9.17, 15) is 4.79 Å². The number of ether oxygens (including phenoxy) is 2. The number of rotatable bonds is 13. The fraction of sp³-hybridized carbons (Fsp3) is 0.636. The highest BCUT2D eigenvalue weighted by atomic mass is 127. The van der Waals surface area contributed by atoms with Gasteiger partial charge in [0.2, 0.25) is 0 Å². The van der Waals surface area contributed by atoms with E-state index in [0.717, 1.165) is 17.9 Å². The molecule has 1 aromatic carbocycles. The van der Waals surface area contributed by atoms with Gasteiger partial charge in [-0.15, -0.1) is 24.0 Å². The Bertz CT molecular complexity index is 641. The lowest BCUT2D eigenvalue weighted by molar-refractivity contribution is -0.123. The van der Waals surface area contributed by atoms with Crippen molar-refractivity contribution in [1.29, 1.82) is 0 Å². The smallest absolute Gasteiger partial charge is 0.257 e. The SMILES string of the molecule is CCCCCCC(C)NC(=NC)NCc1ccc(OCC(=O)NCC)c(OC)c1.I. The summed E-state index contributed by atoms with van der Waals surface area (Å²) in [6.07, 6.45) is 6.19. The van der Waals surface area contributed by atoms with E-state index in [1.807, 2.05) is 25.1 Å². The van der Waals surface area contributed by atoms with E-state index in [-0.39, 0.29) is 36.5 Å². The fourth-order valence-corrected chi connectivity index (χ4v) is 2.90. The Morgan fingerprint density at radius 3 is 2.53 bits per heavy atom. The predicted octanol–water partition coefficient (Wildman–Crippen LogP) is 3.85. The van der Waals surface area contributed by atoms with Crippen LogP contribution in [0, 0.1) is 0 Å². The van der Waals surface area contributed by atoms with Crippen molar-refractivity contribution in [3.8, 4) is 11.5 Å². The lowest BCUT2D eigenvalue weighted by Gasteiger charge is -2.18. The molecule has 0 fully saturated rings. The minimum absolute atomic E-state index is 0. The number of benzene rings is 1. The van der Waals surface area contributed by atoms with Crippen LogP contribution in [-0.4, -0.2) is 45.2 Å². The number of hydrogen-bond acceptors (Lipinski definition) is 4. The second-order valence-corrected chi connectivity index (χ2v) is 7.05. The normalized spacial score (nSPS) is 11.8. The van der Waals surface area contributed by atoms with Gasteiger partial charge in [-0.3, -0.25) is 9.79 Å². The Morgan fingerprint density at radius 2 is 1.90 bits per heavy atom. The summed E-state index contributed by atoms with van der Waals surface area (Å²) < 4.78 is 11.0. The maximum Gasteiger partial charge on any atom is 0.257 e. The van der Waals surface area contributed by atoms with Crippen molar-refractivity contribution in [3.63, 3.8) is 0 Å². The van der Waals surface area contributed by atoms with E-state index in [2.05, 4.69) is 34.8 Å². The largest absolute Gasteiger partial charge is 0.493 e. The van der Waals surface area contributed by atoms with Gasteiger partial charge >= 0.3 is 0 Å². The molecule has 7 nitrogen and oxygen atoms in total. The molecule has 0 aromatic heterocycles. The zero-order chi connectivity index (χ0) is 21.5. The number of nitrogens with zero attached hydrogens (tertiary/aromatic N) is 1. The highest BCUT2D eigenvalue weighted by Gasteiger charge is 2.10. The molecule has 8 heteroatoms. The van der Waals surface area contributed by atoms with Crippen LogP contribution in [0.5, 0.6) is 11.5 Å². The van der Waals surface area contributed by atoms with Gasteiger partial charge in [-0.2, -0.15) is 0 Å². The third-order valence-corrected chi connectivity index (χ3v) is 4.52. The molecule has 0 spiro atoms. The topological polar surface area (TPSA) is 84.0 Å². The zero-order valence-electron chi connectivity index (χ0n) is 19.0. The van der Waals surface area contributed by atoms with Crippen molar-refractivity contribution in [3.05, 3.63) is 23.8 Å². The Kier molecular flexibility index (Phi) is 16.0. The first-order chi connectivity index (χ1) is 14.0. The molecule has 0 radical (unpaired) electrons. The Hall–Kier alpha value is -1.71. The molecule has 1 aromatic rings. The summed E-state index contributed by atoms with van der Waals surface area (Å²) in [5, 5.41) is 9.47. The number of guanidine groups is 1. The van der Waals surface area contributed by atoms with Gasteiger partial charge in [0.25, 0.3) is 5.91 Å². The Morgan fingerprint density at radius 1 is 1.13 bits per heavy atom. The third kappa shape index (κ3) is 11.5. The van der Waals surface area contributed by atoms with E-state index in [1.165, 1.54) is 25.7 Å². The second kappa shape index (κ2) is 17.0. The maximum atomic E-state index is 11.6. The van der Waals surface area contributed by atoms with Crippen molar-refractivity contribution in [2.45, 2.75) is 65.5 Å². The number of carbonyl (C=O) groups is 1. The van der Waals surface area contributed by atoms with Crippen molar-refractivity contribution >= 4 is 35.8 Å². The van der Waals surface area contributed by atoms with E-state index in [0.29, 0.717) is 30.6 Å². The molecule has 3 N–H and O–H groups in total. The number of likely N-dealkylation sites (N-methyl/N-ethyl adjacent to an activating group) is 1. The monoisotopic (exact) mass is 534 g/mol. The van der Waals surface area contributed by atoms with Gasteiger partial charge in [-0.25, -0.2) is 0 Å². The van der Waals surface area contributed by atoms with Crippen molar-refractivity contribution in [2.75, 3.05) is 27.3 Å². The van der Waals surface area contributed by atoms with Crippen LogP contribution in [0.4, 0.5) is 0 Å². The maximum absolute atomic E-state index is 11.6. The highest BCUT2D eigenvalue weighted by Crippen LogP contribution is 2.28. The van der Waals surface area contributed by atoms with Crippen LogP contribution >= 0.6 is 24.0 Å². The fourth-order valence-electron chi connectivity index (χ4n) is 2.90. The molecular weight excluding hydrogens is 495 g/mol. The van der Waals surface area contributed by atoms with Crippen LogP contribution < -0.4 is 25.4 Å². The molecule has 1 amide bonds. The Balaban J connectivity index is 0.00000841. The van der Waals surface area contributed by atoms with Crippen LogP contribution in [0.15, 0.2) is 23.2 Å². The molecule has 0 bridgehead atoms. The van der Waals surface area contributed by atoms with Gasteiger partial charge in [0.1, 0.15) is 0 Å². The van der Waals surface area contributed by atoms with E-state index >= 15 is 0 Å². The summed E-state index contributed by atoms with van der Waals surface area (Å²) in [5.41, 5.74) is 1.03. The first kappa shape index (κ1) is 28.3. The van der Waals surface area contributed by atoms with E-state index < -0.39 is 0 Å². The highest BCUT2D eigenvalue weighted by molar-refractivity contribution is 14.0. The number of methoxy groups -OCH3 is 1. The van der Waals surface area contributed by atoms with Gasteiger partial charge in [0.05, 0.1) is 7.11 Å². The minimum atomic E-state index is -0.154. The lowest BCUT2D eigenvalue weighted by atomic mass is 10.1.